The van der Waals surface area contributed by atoms with Crippen LogP contribution >= 0.6 is 0 Å². The van der Waals surface area contributed by atoms with E-state index in [-0.39, 0.29) is 10.7 Å². The maximum absolute atomic E-state index is 12.8. The summed E-state index contributed by atoms with van der Waals surface area (Å²) in [5.41, 5.74) is 2.86. The highest BCUT2D eigenvalue weighted by atomic mass is 32.2. The monoisotopic (exact) mass is 380 g/mol. The van der Waals surface area contributed by atoms with E-state index in [1.807, 2.05) is 13.0 Å². The van der Waals surface area contributed by atoms with Gasteiger partial charge >= 0.3 is 0 Å². The molecule has 3 aromatic rings. The highest BCUT2D eigenvalue weighted by Gasteiger charge is 2.17. The molecule has 6 heteroatoms. The second-order valence-electron chi connectivity index (χ2n) is 6.12. The van der Waals surface area contributed by atoms with E-state index in [0.717, 1.165) is 5.56 Å². The van der Waals surface area contributed by atoms with Crippen LogP contribution < -0.4 is 10.0 Å². The molecule has 0 aliphatic carbocycles. The Morgan fingerprint density at radius 2 is 1.56 bits per heavy atom. The summed E-state index contributed by atoms with van der Waals surface area (Å²) < 4.78 is 27.8. The third-order valence-electron chi connectivity index (χ3n) is 4.15. The highest BCUT2D eigenvalue weighted by Crippen LogP contribution is 2.25. The van der Waals surface area contributed by atoms with E-state index in [0.29, 0.717) is 22.5 Å². The minimum absolute atomic E-state index is 0.168. The molecule has 0 aromatic heterocycles. The number of rotatable bonds is 6. The molecule has 2 N–H and O–H groups in total. The Bertz CT molecular complexity index is 1060. The minimum atomic E-state index is -3.74. The number of nitrogens with one attached hydrogen (secondary N) is 2. The molecule has 138 valence electrons. The van der Waals surface area contributed by atoms with E-state index in [9.17, 15) is 13.2 Å². The molecular formula is C21H20N2O3S. The van der Waals surface area contributed by atoms with E-state index in [2.05, 4.69) is 10.0 Å². The Hall–Kier alpha value is -3.12. The number of carbonyl (C=O) groups excluding carboxylic acids is 1. The molecule has 0 aliphatic heterocycles. The zero-order chi connectivity index (χ0) is 19.4. The van der Waals surface area contributed by atoms with Crippen molar-refractivity contribution in [1.29, 1.82) is 0 Å². The fourth-order valence-electron chi connectivity index (χ4n) is 2.69. The van der Waals surface area contributed by atoms with Gasteiger partial charge in [-0.1, -0.05) is 48.0 Å². The van der Waals surface area contributed by atoms with Crippen LogP contribution in [0.2, 0.25) is 0 Å². The van der Waals surface area contributed by atoms with Gasteiger partial charge < -0.3 is 5.32 Å². The molecule has 5 nitrogen and oxygen atoms in total. The van der Waals surface area contributed by atoms with E-state index in [4.69, 9.17) is 0 Å². The molecule has 0 atom stereocenters. The summed E-state index contributed by atoms with van der Waals surface area (Å²) in [6.45, 7) is 1.89. The minimum Gasteiger partial charge on any atom is -0.388 e. The van der Waals surface area contributed by atoms with Gasteiger partial charge in [0.25, 0.3) is 10.0 Å². The molecule has 0 amide bonds. The van der Waals surface area contributed by atoms with Gasteiger partial charge in [-0.2, -0.15) is 0 Å². The second-order valence-corrected chi connectivity index (χ2v) is 7.81. The quantitative estimate of drug-likeness (QED) is 0.632. The SMILES string of the molecule is CNc1ccc(NS(=O)(=O)c2ccc(C)cc2)cc1C(=O)c1ccccc1. The molecule has 27 heavy (non-hydrogen) atoms. The lowest BCUT2D eigenvalue weighted by Crippen LogP contribution is -2.14. The summed E-state index contributed by atoms with van der Waals surface area (Å²) in [5, 5.41) is 2.98. The summed E-state index contributed by atoms with van der Waals surface area (Å²) >= 11 is 0. The molecule has 0 radical (unpaired) electrons. The number of anilines is 2. The fourth-order valence-corrected chi connectivity index (χ4v) is 3.74. The molecule has 0 saturated carbocycles. The van der Waals surface area contributed by atoms with Crippen LogP contribution in [-0.4, -0.2) is 21.2 Å². The first kappa shape index (κ1) is 18.7. The number of carbonyl (C=O) groups is 1. The van der Waals surface area contributed by atoms with Crippen LogP contribution in [0.3, 0.4) is 0 Å². The third kappa shape index (κ3) is 4.17. The molecule has 0 saturated heterocycles. The van der Waals surface area contributed by atoms with E-state index in [1.165, 1.54) is 0 Å². The van der Waals surface area contributed by atoms with Gasteiger partial charge in [-0.3, -0.25) is 9.52 Å². The van der Waals surface area contributed by atoms with Crippen LogP contribution in [0.1, 0.15) is 21.5 Å². The first-order chi connectivity index (χ1) is 12.9. The van der Waals surface area contributed by atoms with Gasteiger partial charge in [0, 0.05) is 29.5 Å². The molecule has 0 aliphatic rings. The third-order valence-corrected chi connectivity index (χ3v) is 5.55. The smallest absolute Gasteiger partial charge is 0.261 e. The van der Waals surface area contributed by atoms with Crippen LogP contribution in [0.5, 0.6) is 0 Å². The maximum Gasteiger partial charge on any atom is 0.261 e. The number of hydrogen-bond acceptors (Lipinski definition) is 4. The Labute approximate surface area is 159 Å². The summed E-state index contributed by atoms with van der Waals surface area (Å²) in [6.07, 6.45) is 0. The summed E-state index contributed by atoms with van der Waals surface area (Å²) in [7, 11) is -2.02. The number of hydrogen-bond donors (Lipinski definition) is 2. The van der Waals surface area contributed by atoms with Crippen molar-refractivity contribution in [1.82, 2.24) is 0 Å². The average Bonchev–Trinajstić information content (AvgIpc) is 2.68. The lowest BCUT2D eigenvalue weighted by molar-refractivity contribution is 0.103. The van der Waals surface area contributed by atoms with Crippen molar-refractivity contribution < 1.29 is 13.2 Å². The van der Waals surface area contributed by atoms with Gasteiger partial charge in [-0.15, -0.1) is 0 Å². The van der Waals surface area contributed by atoms with Crippen molar-refractivity contribution in [3.05, 3.63) is 89.5 Å². The normalized spacial score (nSPS) is 11.0. The molecule has 3 rings (SSSR count). The van der Waals surface area contributed by atoms with E-state index >= 15 is 0 Å². The van der Waals surface area contributed by atoms with Crippen LogP contribution in [0.4, 0.5) is 11.4 Å². The molecule has 3 aromatic carbocycles. The van der Waals surface area contributed by atoms with Crippen molar-refractivity contribution in [3.63, 3.8) is 0 Å². The summed E-state index contributed by atoms with van der Waals surface area (Å²) in [4.78, 5) is 13.0. The zero-order valence-electron chi connectivity index (χ0n) is 15.1. The zero-order valence-corrected chi connectivity index (χ0v) is 15.9. The van der Waals surface area contributed by atoms with Crippen molar-refractivity contribution in [3.8, 4) is 0 Å². The predicted molar refractivity (Wildman–Crippen MR) is 108 cm³/mol. The maximum atomic E-state index is 12.8. The molecule has 0 bridgehead atoms. The Morgan fingerprint density at radius 1 is 0.889 bits per heavy atom. The Kier molecular flexibility index (Phi) is 5.28. The van der Waals surface area contributed by atoms with Gasteiger partial charge in [0.15, 0.2) is 5.78 Å². The van der Waals surface area contributed by atoms with Gasteiger partial charge in [0.05, 0.1) is 4.90 Å². The largest absolute Gasteiger partial charge is 0.388 e. The van der Waals surface area contributed by atoms with Crippen molar-refractivity contribution in [2.45, 2.75) is 11.8 Å². The predicted octanol–water partition coefficient (Wildman–Crippen LogP) is 4.07. The van der Waals surface area contributed by atoms with Crippen LogP contribution in [0.15, 0.2) is 77.7 Å². The first-order valence-corrected chi connectivity index (χ1v) is 9.90. The lowest BCUT2D eigenvalue weighted by Gasteiger charge is -2.13. The Balaban J connectivity index is 1.96. The standard InChI is InChI=1S/C21H20N2O3S/c1-15-8-11-18(12-9-15)27(25,26)23-17-10-13-20(22-2)19(14-17)21(24)16-6-4-3-5-7-16/h3-14,22-23H,1-2H3. The first-order valence-electron chi connectivity index (χ1n) is 8.42. The van der Waals surface area contributed by atoms with Gasteiger partial charge in [0.1, 0.15) is 0 Å². The van der Waals surface area contributed by atoms with Crippen molar-refractivity contribution in [2.24, 2.45) is 0 Å². The fraction of sp³-hybridized carbons (Fsp3) is 0.0952. The van der Waals surface area contributed by atoms with Gasteiger partial charge in [-0.25, -0.2) is 8.42 Å². The van der Waals surface area contributed by atoms with Gasteiger partial charge in [-0.05, 0) is 37.3 Å². The number of sulfonamides is 1. The topological polar surface area (TPSA) is 75.3 Å². The molecular weight excluding hydrogens is 360 g/mol. The van der Waals surface area contributed by atoms with Gasteiger partial charge in [0.2, 0.25) is 0 Å². The highest BCUT2D eigenvalue weighted by molar-refractivity contribution is 7.92. The number of aryl methyl sites for hydroxylation is 1. The van der Waals surface area contributed by atoms with E-state index < -0.39 is 10.0 Å². The Morgan fingerprint density at radius 3 is 2.19 bits per heavy atom. The summed E-state index contributed by atoms with van der Waals surface area (Å²) in [6, 6.07) is 20.3. The van der Waals surface area contributed by atoms with E-state index in [1.54, 1.807) is 73.8 Å². The molecule has 0 spiro atoms. The molecule has 0 heterocycles. The van der Waals surface area contributed by atoms with Crippen LogP contribution in [0.25, 0.3) is 0 Å². The van der Waals surface area contributed by atoms with Crippen molar-refractivity contribution in [2.75, 3.05) is 17.1 Å². The van der Waals surface area contributed by atoms with Crippen molar-refractivity contribution >= 4 is 27.2 Å². The van der Waals surface area contributed by atoms with Crippen LogP contribution in [0, 0.1) is 6.92 Å². The number of benzene rings is 3. The number of ketones is 1. The molecule has 0 unspecified atom stereocenters. The second kappa shape index (κ2) is 7.63. The lowest BCUT2D eigenvalue weighted by atomic mass is 10.0. The van der Waals surface area contributed by atoms with Crippen LogP contribution in [-0.2, 0) is 10.0 Å². The molecule has 0 fully saturated rings. The average molecular weight is 380 g/mol. The summed E-state index contributed by atoms with van der Waals surface area (Å²) in [5.74, 6) is -0.184.